The molecule has 0 aliphatic heterocycles. The zero-order valence-corrected chi connectivity index (χ0v) is 10.5. The lowest BCUT2D eigenvalue weighted by Crippen LogP contribution is -2.40. The smallest absolute Gasteiger partial charge is 0.330 e. The maximum absolute atomic E-state index is 10.9. The fourth-order valence-corrected chi connectivity index (χ4v) is 3.49. The van der Waals surface area contributed by atoms with Gasteiger partial charge in [-0.25, -0.2) is 4.79 Å². The summed E-state index contributed by atoms with van der Waals surface area (Å²) in [6.07, 6.45) is 4.17. The summed E-state index contributed by atoms with van der Waals surface area (Å²) in [5, 5.41) is 3.75. The third kappa shape index (κ3) is 2.77. The van der Waals surface area contributed by atoms with Crippen molar-refractivity contribution in [2.45, 2.75) is 39.5 Å². The zero-order chi connectivity index (χ0) is 12.5. The van der Waals surface area contributed by atoms with Gasteiger partial charge in [-0.2, -0.15) is 0 Å². The standard InChI is InChI=1S/C12H21N3O2/c1-8-3-9(2)5-12(4-8,7-13)6-10-14-11(16)17-15-10/h8-9H,3-7,13H2,1-2H3,(H,14,15,16)/t8-,9+,12?. The molecule has 0 radical (unpaired) electrons. The van der Waals surface area contributed by atoms with E-state index in [-0.39, 0.29) is 5.41 Å². The van der Waals surface area contributed by atoms with Crippen molar-refractivity contribution in [2.24, 2.45) is 23.0 Å². The molecule has 0 saturated heterocycles. The Morgan fingerprint density at radius 1 is 1.47 bits per heavy atom. The van der Waals surface area contributed by atoms with Gasteiger partial charge in [-0.1, -0.05) is 19.0 Å². The van der Waals surface area contributed by atoms with E-state index in [0.717, 1.165) is 12.8 Å². The van der Waals surface area contributed by atoms with Gasteiger partial charge in [0.25, 0.3) is 0 Å². The first kappa shape index (κ1) is 12.4. The number of aromatic nitrogens is 2. The summed E-state index contributed by atoms with van der Waals surface area (Å²) in [5.74, 6) is 1.51. The molecule has 3 atom stereocenters. The lowest BCUT2D eigenvalue weighted by Gasteiger charge is -2.41. The van der Waals surface area contributed by atoms with E-state index in [1.165, 1.54) is 6.42 Å². The van der Waals surface area contributed by atoms with Crippen LogP contribution in [0.4, 0.5) is 0 Å². The van der Waals surface area contributed by atoms with Crippen LogP contribution in [0.15, 0.2) is 9.32 Å². The second-order valence-corrected chi connectivity index (χ2v) is 5.78. The van der Waals surface area contributed by atoms with Crippen LogP contribution in [0.25, 0.3) is 0 Å². The number of hydrogen-bond acceptors (Lipinski definition) is 4. The Bertz CT molecular complexity index is 413. The molecule has 1 aromatic rings. The largest absolute Gasteiger partial charge is 0.438 e. The quantitative estimate of drug-likeness (QED) is 0.832. The van der Waals surface area contributed by atoms with Crippen molar-refractivity contribution in [2.75, 3.05) is 6.54 Å². The van der Waals surface area contributed by atoms with Crippen LogP contribution >= 0.6 is 0 Å². The predicted molar refractivity (Wildman–Crippen MR) is 64.5 cm³/mol. The number of H-pyrrole nitrogens is 1. The van der Waals surface area contributed by atoms with Gasteiger partial charge in [-0.3, -0.25) is 9.51 Å². The van der Waals surface area contributed by atoms with E-state index < -0.39 is 5.76 Å². The lowest BCUT2D eigenvalue weighted by atomic mass is 9.64. The van der Waals surface area contributed by atoms with Crippen molar-refractivity contribution >= 4 is 0 Å². The van der Waals surface area contributed by atoms with E-state index in [1.54, 1.807) is 0 Å². The lowest BCUT2D eigenvalue weighted by molar-refractivity contribution is 0.109. The maximum atomic E-state index is 10.9. The fourth-order valence-electron chi connectivity index (χ4n) is 3.49. The summed E-state index contributed by atoms with van der Waals surface area (Å²) in [6, 6.07) is 0. The first-order valence-corrected chi connectivity index (χ1v) is 6.28. The Kier molecular flexibility index (Phi) is 3.38. The fraction of sp³-hybridized carbons (Fsp3) is 0.833. The molecular formula is C12H21N3O2. The van der Waals surface area contributed by atoms with Crippen LogP contribution < -0.4 is 11.5 Å². The number of nitrogens with one attached hydrogen (secondary N) is 1. The number of aromatic amines is 1. The van der Waals surface area contributed by atoms with E-state index >= 15 is 0 Å². The van der Waals surface area contributed by atoms with Crippen LogP contribution in [0.2, 0.25) is 0 Å². The number of nitrogens with two attached hydrogens (primary N) is 1. The summed E-state index contributed by atoms with van der Waals surface area (Å²) in [5.41, 5.74) is 6.03. The average Bonchev–Trinajstić information content (AvgIpc) is 2.62. The minimum Gasteiger partial charge on any atom is -0.330 e. The highest BCUT2D eigenvalue weighted by Crippen LogP contribution is 2.43. The molecule has 1 aliphatic rings. The number of hydrogen-bond donors (Lipinski definition) is 2. The molecule has 1 unspecified atom stereocenters. The monoisotopic (exact) mass is 239 g/mol. The molecule has 2 rings (SSSR count). The van der Waals surface area contributed by atoms with Gasteiger partial charge >= 0.3 is 5.76 Å². The average molecular weight is 239 g/mol. The van der Waals surface area contributed by atoms with E-state index in [2.05, 4.69) is 28.5 Å². The van der Waals surface area contributed by atoms with Gasteiger partial charge < -0.3 is 5.73 Å². The van der Waals surface area contributed by atoms with Gasteiger partial charge in [0.15, 0.2) is 5.82 Å². The summed E-state index contributed by atoms with van der Waals surface area (Å²) in [6.45, 7) is 5.17. The Balaban J connectivity index is 2.16. The highest BCUT2D eigenvalue weighted by atomic mass is 16.5. The number of nitrogens with zero attached hydrogens (tertiary/aromatic N) is 1. The molecular weight excluding hydrogens is 218 g/mol. The SMILES string of the molecule is C[C@@H]1C[C@H](C)CC(CN)(Cc2noc(=O)[nH]2)C1. The highest BCUT2D eigenvalue weighted by Gasteiger charge is 2.37. The summed E-state index contributed by atoms with van der Waals surface area (Å²) < 4.78 is 4.55. The van der Waals surface area contributed by atoms with Crippen molar-refractivity contribution in [3.63, 3.8) is 0 Å². The molecule has 1 saturated carbocycles. The highest BCUT2D eigenvalue weighted by molar-refractivity contribution is 4.96. The van der Waals surface area contributed by atoms with Gasteiger partial charge in [-0.05, 0) is 43.1 Å². The van der Waals surface area contributed by atoms with Crippen LogP contribution in [-0.4, -0.2) is 16.7 Å². The molecule has 96 valence electrons. The van der Waals surface area contributed by atoms with Crippen LogP contribution in [0.5, 0.6) is 0 Å². The maximum Gasteiger partial charge on any atom is 0.438 e. The van der Waals surface area contributed by atoms with Gasteiger partial charge in [-0.15, -0.1) is 0 Å². The predicted octanol–water partition coefficient (Wildman–Crippen LogP) is 1.31. The second kappa shape index (κ2) is 4.64. The van der Waals surface area contributed by atoms with Crippen molar-refractivity contribution in [1.82, 2.24) is 10.1 Å². The van der Waals surface area contributed by atoms with Crippen LogP contribution in [0.1, 0.15) is 38.9 Å². The number of rotatable bonds is 3. The zero-order valence-electron chi connectivity index (χ0n) is 10.5. The second-order valence-electron chi connectivity index (χ2n) is 5.78. The van der Waals surface area contributed by atoms with Crippen molar-refractivity contribution in [3.8, 4) is 0 Å². The normalized spacial score (nSPS) is 33.8. The Morgan fingerprint density at radius 2 is 2.12 bits per heavy atom. The van der Waals surface area contributed by atoms with Crippen LogP contribution in [-0.2, 0) is 6.42 Å². The molecule has 0 aromatic carbocycles. The van der Waals surface area contributed by atoms with Gasteiger partial charge in [0, 0.05) is 6.42 Å². The third-order valence-electron chi connectivity index (χ3n) is 3.83. The molecule has 17 heavy (non-hydrogen) atoms. The molecule has 1 heterocycles. The van der Waals surface area contributed by atoms with Crippen molar-refractivity contribution < 1.29 is 4.52 Å². The Hall–Kier alpha value is -1.10. The molecule has 0 bridgehead atoms. The minimum absolute atomic E-state index is 0.0664. The van der Waals surface area contributed by atoms with Gasteiger partial charge in [0.1, 0.15) is 0 Å². The van der Waals surface area contributed by atoms with Crippen LogP contribution in [0, 0.1) is 17.3 Å². The summed E-state index contributed by atoms with van der Waals surface area (Å²) >= 11 is 0. The Morgan fingerprint density at radius 3 is 2.59 bits per heavy atom. The van der Waals surface area contributed by atoms with E-state index in [9.17, 15) is 4.79 Å². The minimum atomic E-state index is -0.482. The molecule has 3 N–H and O–H groups in total. The van der Waals surface area contributed by atoms with E-state index in [4.69, 9.17) is 5.73 Å². The summed E-state index contributed by atoms with van der Waals surface area (Å²) in [4.78, 5) is 13.6. The molecule has 0 amide bonds. The molecule has 5 heteroatoms. The molecule has 0 spiro atoms. The third-order valence-corrected chi connectivity index (χ3v) is 3.83. The molecule has 1 aromatic heterocycles. The molecule has 5 nitrogen and oxygen atoms in total. The van der Waals surface area contributed by atoms with Crippen LogP contribution in [0.3, 0.4) is 0 Å². The van der Waals surface area contributed by atoms with E-state index in [0.29, 0.717) is 30.6 Å². The molecule has 1 aliphatic carbocycles. The van der Waals surface area contributed by atoms with Crippen molar-refractivity contribution in [1.29, 1.82) is 0 Å². The summed E-state index contributed by atoms with van der Waals surface area (Å²) in [7, 11) is 0. The Labute approximate surface area is 101 Å². The topological polar surface area (TPSA) is 84.9 Å². The van der Waals surface area contributed by atoms with Gasteiger partial charge in [0.05, 0.1) is 0 Å². The molecule has 1 fully saturated rings. The van der Waals surface area contributed by atoms with E-state index in [1.807, 2.05) is 0 Å². The van der Waals surface area contributed by atoms with Crippen molar-refractivity contribution in [3.05, 3.63) is 16.4 Å². The first-order valence-electron chi connectivity index (χ1n) is 6.28. The first-order chi connectivity index (χ1) is 8.03. The van der Waals surface area contributed by atoms with Gasteiger partial charge in [0.2, 0.25) is 0 Å².